The molecule has 0 amide bonds. The second kappa shape index (κ2) is 6.28. The fourth-order valence-electron chi connectivity index (χ4n) is 2.04. The molecule has 0 aliphatic rings. The minimum Gasteiger partial charge on any atom is -0.496 e. The van der Waals surface area contributed by atoms with Crippen LogP contribution in [0.3, 0.4) is 0 Å². The lowest BCUT2D eigenvalue weighted by atomic mass is 10.1. The molecule has 0 unspecified atom stereocenters. The topological polar surface area (TPSA) is 61.0 Å². The van der Waals surface area contributed by atoms with Crippen LogP contribution in [0.15, 0.2) is 33.2 Å². The molecule has 7 heteroatoms. The molecule has 3 aromatic rings. The molecule has 22 heavy (non-hydrogen) atoms. The van der Waals surface area contributed by atoms with Gasteiger partial charge >= 0.3 is 0 Å². The zero-order valence-corrected chi connectivity index (χ0v) is 14.9. The maximum atomic E-state index is 5.85. The molecule has 1 aromatic carbocycles. The van der Waals surface area contributed by atoms with Crippen LogP contribution in [-0.2, 0) is 0 Å². The Hall–Kier alpha value is -1.57. The van der Waals surface area contributed by atoms with Crippen LogP contribution < -0.4 is 10.5 Å². The Kier molecular flexibility index (Phi) is 4.37. The standard InChI is InChI=1S/C15H12BrN3OS2/c1-20-10-4-8(5-11(21)12(10)16)2-3-9-6-22-14-13(9)18-7-19-15(14)17/h2-7,21H,1H3,(H2,17,18,19)/b3-2+. The zero-order valence-electron chi connectivity index (χ0n) is 11.6. The van der Waals surface area contributed by atoms with E-state index in [1.54, 1.807) is 18.4 Å². The third kappa shape index (κ3) is 2.84. The van der Waals surface area contributed by atoms with Crippen molar-refractivity contribution < 1.29 is 4.74 Å². The molecule has 4 nitrogen and oxygen atoms in total. The predicted molar refractivity (Wildman–Crippen MR) is 98.7 cm³/mol. The molecule has 0 spiro atoms. The third-order valence-electron chi connectivity index (χ3n) is 3.13. The van der Waals surface area contributed by atoms with Crippen LogP contribution in [-0.4, -0.2) is 17.1 Å². The summed E-state index contributed by atoms with van der Waals surface area (Å²) in [6.45, 7) is 0. The summed E-state index contributed by atoms with van der Waals surface area (Å²) in [5, 5.41) is 2.02. The summed E-state index contributed by atoms with van der Waals surface area (Å²) in [7, 11) is 1.63. The first-order valence-corrected chi connectivity index (χ1v) is 8.44. The molecular formula is C15H12BrN3OS2. The molecule has 0 aliphatic heterocycles. The molecule has 0 saturated carbocycles. The van der Waals surface area contributed by atoms with Crippen molar-refractivity contribution in [2.75, 3.05) is 12.8 Å². The number of hydrogen-bond acceptors (Lipinski definition) is 6. The highest BCUT2D eigenvalue weighted by Gasteiger charge is 2.08. The number of ether oxygens (including phenoxy) is 1. The van der Waals surface area contributed by atoms with Gasteiger partial charge < -0.3 is 10.5 Å². The van der Waals surface area contributed by atoms with Gasteiger partial charge in [-0.1, -0.05) is 12.2 Å². The van der Waals surface area contributed by atoms with E-state index in [1.165, 1.54) is 6.33 Å². The van der Waals surface area contributed by atoms with Crippen LogP contribution in [0.5, 0.6) is 5.75 Å². The second-order valence-corrected chi connectivity index (χ2v) is 6.67. The van der Waals surface area contributed by atoms with Crippen molar-refractivity contribution in [1.82, 2.24) is 9.97 Å². The molecule has 0 aliphatic carbocycles. The molecular weight excluding hydrogens is 382 g/mol. The number of aromatic nitrogens is 2. The van der Waals surface area contributed by atoms with E-state index in [0.29, 0.717) is 5.82 Å². The second-order valence-electron chi connectivity index (χ2n) is 4.52. The van der Waals surface area contributed by atoms with Gasteiger partial charge in [0.25, 0.3) is 0 Å². The van der Waals surface area contributed by atoms with E-state index in [-0.39, 0.29) is 0 Å². The minimum absolute atomic E-state index is 0.512. The van der Waals surface area contributed by atoms with Crippen LogP contribution in [0, 0.1) is 0 Å². The molecule has 2 N–H and O–H groups in total. The van der Waals surface area contributed by atoms with Gasteiger partial charge in [0.1, 0.15) is 17.9 Å². The van der Waals surface area contributed by atoms with Crippen molar-refractivity contribution in [1.29, 1.82) is 0 Å². The number of benzene rings is 1. The number of nitrogens with zero attached hydrogens (tertiary/aromatic N) is 2. The summed E-state index contributed by atoms with van der Waals surface area (Å²) in [6.07, 6.45) is 5.48. The number of thiol groups is 1. The van der Waals surface area contributed by atoms with Gasteiger partial charge in [0.05, 0.1) is 21.8 Å². The summed E-state index contributed by atoms with van der Waals surface area (Å²) < 4.78 is 7.08. The largest absolute Gasteiger partial charge is 0.496 e. The summed E-state index contributed by atoms with van der Waals surface area (Å²) in [6, 6.07) is 3.91. The molecule has 3 rings (SSSR count). The van der Waals surface area contributed by atoms with E-state index < -0.39 is 0 Å². The first-order valence-electron chi connectivity index (χ1n) is 6.32. The zero-order chi connectivity index (χ0) is 15.7. The third-order valence-corrected chi connectivity index (χ3v) is 5.61. The number of hydrogen-bond donors (Lipinski definition) is 2. The Morgan fingerprint density at radius 2 is 2.14 bits per heavy atom. The Morgan fingerprint density at radius 3 is 2.91 bits per heavy atom. The monoisotopic (exact) mass is 393 g/mol. The summed E-state index contributed by atoms with van der Waals surface area (Å²) in [5.74, 6) is 1.26. The van der Waals surface area contributed by atoms with Crippen molar-refractivity contribution in [2.45, 2.75) is 4.90 Å². The van der Waals surface area contributed by atoms with E-state index in [1.807, 2.05) is 29.7 Å². The number of thiophene rings is 1. The molecule has 0 fully saturated rings. The van der Waals surface area contributed by atoms with Gasteiger partial charge in [-0.3, -0.25) is 0 Å². The highest BCUT2D eigenvalue weighted by atomic mass is 79.9. The highest BCUT2D eigenvalue weighted by molar-refractivity contribution is 9.10. The van der Waals surface area contributed by atoms with Gasteiger partial charge in [-0.05, 0) is 33.6 Å². The smallest absolute Gasteiger partial charge is 0.144 e. The number of fused-ring (bicyclic) bond motifs is 1. The van der Waals surface area contributed by atoms with E-state index in [2.05, 4.69) is 38.5 Å². The summed E-state index contributed by atoms with van der Waals surface area (Å²) >= 11 is 9.43. The number of nitrogen functional groups attached to an aromatic ring is 1. The van der Waals surface area contributed by atoms with Crippen molar-refractivity contribution in [2.24, 2.45) is 0 Å². The van der Waals surface area contributed by atoms with Gasteiger partial charge in [0.2, 0.25) is 0 Å². The molecule has 0 saturated heterocycles. The minimum atomic E-state index is 0.512. The molecule has 112 valence electrons. The molecule has 2 heterocycles. The van der Waals surface area contributed by atoms with Crippen LogP contribution in [0.1, 0.15) is 11.1 Å². The Balaban J connectivity index is 2.00. The highest BCUT2D eigenvalue weighted by Crippen LogP contribution is 2.34. The number of anilines is 1. The average molecular weight is 394 g/mol. The molecule has 0 radical (unpaired) electrons. The number of rotatable bonds is 3. The lowest BCUT2D eigenvalue weighted by molar-refractivity contribution is 0.410. The van der Waals surface area contributed by atoms with Gasteiger partial charge in [-0.25, -0.2) is 9.97 Å². The fraction of sp³-hybridized carbons (Fsp3) is 0.0667. The number of nitrogens with two attached hydrogens (primary N) is 1. The Bertz CT molecular complexity index is 877. The quantitative estimate of drug-likeness (QED) is 0.642. The Labute approximate surface area is 145 Å². The predicted octanol–water partition coefficient (Wildman–Crippen LogP) is 4.50. The van der Waals surface area contributed by atoms with Crippen LogP contribution in [0.25, 0.3) is 22.4 Å². The fourth-order valence-corrected chi connectivity index (χ4v) is 3.58. The molecule has 0 atom stereocenters. The molecule has 2 aromatic heterocycles. The van der Waals surface area contributed by atoms with Gasteiger partial charge in [0.15, 0.2) is 0 Å². The maximum absolute atomic E-state index is 5.85. The number of methoxy groups -OCH3 is 1. The van der Waals surface area contributed by atoms with Crippen molar-refractivity contribution in [3.8, 4) is 5.75 Å². The maximum Gasteiger partial charge on any atom is 0.144 e. The lowest BCUT2D eigenvalue weighted by Crippen LogP contribution is -1.90. The van der Waals surface area contributed by atoms with Crippen molar-refractivity contribution >= 4 is 68.1 Å². The first-order chi connectivity index (χ1) is 10.6. The van der Waals surface area contributed by atoms with Gasteiger partial charge in [-0.15, -0.1) is 24.0 Å². The van der Waals surface area contributed by atoms with E-state index >= 15 is 0 Å². The van der Waals surface area contributed by atoms with Crippen molar-refractivity contribution in [3.05, 3.63) is 39.4 Å². The van der Waals surface area contributed by atoms with Gasteiger partial charge in [-0.2, -0.15) is 0 Å². The normalized spacial score (nSPS) is 11.4. The van der Waals surface area contributed by atoms with E-state index in [4.69, 9.17) is 10.5 Å². The average Bonchev–Trinajstić information content (AvgIpc) is 2.93. The SMILES string of the molecule is COc1cc(/C=C/c2csc3c(N)ncnc23)cc(S)c1Br. The molecule has 0 bridgehead atoms. The summed E-state index contributed by atoms with van der Waals surface area (Å²) in [4.78, 5) is 9.12. The van der Waals surface area contributed by atoms with E-state index in [9.17, 15) is 0 Å². The van der Waals surface area contributed by atoms with Crippen LogP contribution in [0.4, 0.5) is 5.82 Å². The Morgan fingerprint density at radius 1 is 1.32 bits per heavy atom. The van der Waals surface area contributed by atoms with E-state index in [0.717, 1.165) is 36.5 Å². The van der Waals surface area contributed by atoms with Crippen LogP contribution in [0.2, 0.25) is 0 Å². The lowest BCUT2D eigenvalue weighted by Gasteiger charge is -2.07. The number of halogens is 1. The first kappa shape index (κ1) is 15.3. The van der Waals surface area contributed by atoms with Gasteiger partial charge in [0, 0.05) is 15.8 Å². The summed E-state index contributed by atoms with van der Waals surface area (Å²) in [5.41, 5.74) is 8.72. The van der Waals surface area contributed by atoms with Crippen molar-refractivity contribution in [3.63, 3.8) is 0 Å². The van der Waals surface area contributed by atoms with Crippen LogP contribution >= 0.6 is 39.9 Å².